The molecule has 0 aliphatic heterocycles. The van der Waals surface area contributed by atoms with Crippen LogP contribution in [0.1, 0.15) is 5.89 Å². The van der Waals surface area contributed by atoms with Gasteiger partial charge in [0, 0.05) is 29.4 Å². The third-order valence-corrected chi connectivity index (χ3v) is 3.30. The van der Waals surface area contributed by atoms with E-state index in [1.54, 1.807) is 18.7 Å². The van der Waals surface area contributed by atoms with Gasteiger partial charge in [0.2, 0.25) is 5.89 Å². The molecule has 17 heavy (non-hydrogen) atoms. The van der Waals surface area contributed by atoms with Crippen LogP contribution >= 0.6 is 27.7 Å². The van der Waals surface area contributed by atoms with Crippen LogP contribution in [0.4, 0.5) is 5.69 Å². The Morgan fingerprint density at radius 2 is 2.29 bits per heavy atom. The Morgan fingerprint density at radius 1 is 1.41 bits per heavy atom. The molecule has 1 aromatic carbocycles. The fourth-order valence-corrected chi connectivity index (χ4v) is 2.32. The molecular weight excluding hydrogens is 302 g/mol. The maximum Gasteiger partial charge on any atom is 0.276 e. The second-order valence-electron chi connectivity index (χ2n) is 3.37. The number of rotatable bonds is 5. The van der Waals surface area contributed by atoms with E-state index in [1.807, 2.05) is 24.3 Å². The minimum absolute atomic E-state index is 0.604. The predicted octanol–water partition coefficient (Wildman–Crippen LogP) is 3.34. The highest BCUT2D eigenvalue weighted by molar-refractivity contribution is 9.10. The van der Waals surface area contributed by atoms with Crippen LogP contribution in [0.2, 0.25) is 0 Å². The molecule has 4 nitrogen and oxygen atoms in total. The van der Waals surface area contributed by atoms with Crippen molar-refractivity contribution < 1.29 is 4.42 Å². The van der Waals surface area contributed by atoms with Crippen LogP contribution in [0.5, 0.6) is 0 Å². The molecule has 0 spiro atoms. The normalized spacial score (nSPS) is 10.5. The summed E-state index contributed by atoms with van der Waals surface area (Å²) in [4.78, 5) is 0. The quantitative estimate of drug-likeness (QED) is 0.677. The van der Waals surface area contributed by atoms with Crippen molar-refractivity contribution in [2.24, 2.45) is 0 Å². The summed E-state index contributed by atoms with van der Waals surface area (Å²) in [7, 11) is 0. The maximum atomic E-state index is 5.26. The van der Waals surface area contributed by atoms with E-state index in [4.69, 9.17) is 4.42 Å². The molecule has 0 saturated heterocycles. The lowest BCUT2D eigenvalue weighted by Gasteiger charge is -2.04. The summed E-state index contributed by atoms with van der Waals surface area (Å²) < 4.78 is 6.33. The second kappa shape index (κ2) is 6.07. The molecule has 0 saturated carbocycles. The molecule has 0 unspecified atom stereocenters. The number of halogens is 1. The third-order valence-electron chi connectivity index (χ3n) is 1.99. The lowest BCUT2D eigenvalue weighted by atomic mass is 10.3. The van der Waals surface area contributed by atoms with Gasteiger partial charge in [-0.2, -0.15) is 0 Å². The number of benzene rings is 1. The summed E-state index contributed by atoms with van der Waals surface area (Å²) in [5.74, 6) is 1.49. The van der Waals surface area contributed by atoms with Gasteiger partial charge in [-0.3, -0.25) is 0 Å². The maximum absolute atomic E-state index is 5.26. The number of nitrogens with zero attached hydrogens (tertiary/aromatic N) is 2. The van der Waals surface area contributed by atoms with Crippen LogP contribution in [0, 0.1) is 6.92 Å². The van der Waals surface area contributed by atoms with Gasteiger partial charge in [0.1, 0.15) is 0 Å². The van der Waals surface area contributed by atoms with Crippen molar-refractivity contribution in [3.05, 3.63) is 34.6 Å². The highest BCUT2D eigenvalue weighted by Gasteiger charge is 2.01. The number of aryl methyl sites for hydroxylation is 1. The van der Waals surface area contributed by atoms with E-state index in [0.717, 1.165) is 22.5 Å². The Bertz CT molecular complexity index is 489. The van der Waals surface area contributed by atoms with Gasteiger partial charge in [0.15, 0.2) is 0 Å². The van der Waals surface area contributed by atoms with Gasteiger partial charge in [-0.1, -0.05) is 33.8 Å². The van der Waals surface area contributed by atoms with E-state index >= 15 is 0 Å². The zero-order valence-corrected chi connectivity index (χ0v) is 11.7. The SMILES string of the molecule is Cc1nnc(SCCNc2cccc(Br)c2)o1. The van der Waals surface area contributed by atoms with Crippen molar-refractivity contribution in [2.45, 2.75) is 12.1 Å². The van der Waals surface area contributed by atoms with Crippen LogP contribution < -0.4 is 5.32 Å². The minimum atomic E-state index is 0.604. The van der Waals surface area contributed by atoms with Crippen molar-refractivity contribution >= 4 is 33.4 Å². The molecule has 0 bridgehead atoms. The smallest absolute Gasteiger partial charge is 0.276 e. The molecule has 2 rings (SSSR count). The molecule has 90 valence electrons. The molecular formula is C11H12BrN3OS. The first kappa shape index (κ1) is 12.4. The van der Waals surface area contributed by atoms with Crippen LogP contribution in [0.25, 0.3) is 0 Å². The van der Waals surface area contributed by atoms with Crippen molar-refractivity contribution in [1.82, 2.24) is 10.2 Å². The van der Waals surface area contributed by atoms with E-state index in [0.29, 0.717) is 11.1 Å². The first-order valence-electron chi connectivity index (χ1n) is 5.16. The monoisotopic (exact) mass is 313 g/mol. The molecule has 2 aromatic rings. The highest BCUT2D eigenvalue weighted by atomic mass is 79.9. The van der Waals surface area contributed by atoms with Gasteiger partial charge in [-0.15, -0.1) is 10.2 Å². The predicted molar refractivity (Wildman–Crippen MR) is 72.4 cm³/mol. The molecule has 0 fully saturated rings. The average molecular weight is 314 g/mol. The second-order valence-corrected chi connectivity index (χ2v) is 5.33. The van der Waals surface area contributed by atoms with Crippen molar-refractivity contribution in [3.63, 3.8) is 0 Å². The fourth-order valence-electron chi connectivity index (χ4n) is 1.27. The van der Waals surface area contributed by atoms with Gasteiger partial charge in [0.05, 0.1) is 0 Å². The third kappa shape index (κ3) is 4.05. The Labute approximate surface area is 112 Å². The van der Waals surface area contributed by atoms with Crippen molar-refractivity contribution in [2.75, 3.05) is 17.6 Å². The van der Waals surface area contributed by atoms with Crippen LogP contribution in [-0.2, 0) is 0 Å². The standard InChI is InChI=1S/C11H12BrN3OS/c1-8-14-15-11(16-8)17-6-5-13-10-4-2-3-9(12)7-10/h2-4,7,13H,5-6H2,1H3. The van der Waals surface area contributed by atoms with Crippen LogP contribution in [0.3, 0.4) is 0 Å². The fraction of sp³-hybridized carbons (Fsp3) is 0.273. The Hall–Kier alpha value is -1.01. The van der Waals surface area contributed by atoms with Crippen LogP contribution in [0.15, 0.2) is 38.4 Å². The lowest BCUT2D eigenvalue weighted by molar-refractivity contribution is 0.429. The number of hydrogen-bond acceptors (Lipinski definition) is 5. The molecule has 0 atom stereocenters. The zero-order chi connectivity index (χ0) is 12.1. The molecule has 6 heteroatoms. The van der Waals surface area contributed by atoms with Crippen LogP contribution in [-0.4, -0.2) is 22.5 Å². The van der Waals surface area contributed by atoms with E-state index in [1.165, 1.54) is 0 Å². The molecule has 1 heterocycles. The Kier molecular flexibility index (Phi) is 4.44. The highest BCUT2D eigenvalue weighted by Crippen LogP contribution is 2.17. The summed E-state index contributed by atoms with van der Waals surface area (Å²) >= 11 is 4.98. The summed E-state index contributed by atoms with van der Waals surface area (Å²) in [5, 5.41) is 11.6. The number of nitrogens with one attached hydrogen (secondary N) is 1. The van der Waals surface area contributed by atoms with Crippen molar-refractivity contribution in [3.8, 4) is 0 Å². The summed E-state index contributed by atoms with van der Waals surface area (Å²) in [6.07, 6.45) is 0. The van der Waals surface area contributed by atoms with E-state index in [2.05, 4.69) is 31.4 Å². The van der Waals surface area contributed by atoms with Gasteiger partial charge in [-0.25, -0.2) is 0 Å². The van der Waals surface area contributed by atoms with Gasteiger partial charge in [-0.05, 0) is 18.2 Å². The lowest BCUT2D eigenvalue weighted by Crippen LogP contribution is -2.03. The molecule has 1 aromatic heterocycles. The van der Waals surface area contributed by atoms with E-state index in [-0.39, 0.29) is 0 Å². The van der Waals surface area contributed by atoms with Gasteiger partial charge >= 0.3 is 0 Å². The van der Waals surface area contributed by atoms with E-state index in [9.17, 15) is 0 Å². The number of aromatic nitrogens is 2. The van der Waals surface area contributed by atoms with Gasteiger partial charge < -0.3 is 9.73 Å². The first-order valence-corrected chi connectivity index (χ1v) is 6.94. The summed E-state index contributed by atoms with van der Waals surface area (Å²) in [6.45, 7) is 2.64. The molecule has 1 N–H and O–H groups in total. The first-order chi connectivity index (χ1) is 8.24. The number of hydrogen-bond donors (Lipinski definition) is 1. The zero-order valence-electron chi connectivity index (χ0n) is 9.31. The Balaban J connectivity index is 1.73. The molecule has 0 radical (unpaired) electrons. The molecule has 0 aliphatic rings. The number of anilines is 1. The van der Waals surface area contributed by atoms with Crippen molar-refractivity contribution in [1.29, 1.82) is 0 Å². The topological polar surface area (TPSA) is 51.0 Å². The minimum Gasteiger partial charge on any atom is -0.416 e. The largest absolute Gasteiger partial charge is 0.416 e. The molecule has 0 aliphatic carbocycles. The Morgan fingerprint density at radius 3 is 3.00 bits per heavy atom. The summed E-state index contributed by atoms with van der Waals surface area (Å²) in [5.41, 5.74) is 1.10. The average Bonchev–Trinajstić information content (AvgIpc) is 2.71. The number of thioether (sulfide) groups is 1. The molecule has 0 amide bonds. The summed E-state index contributed by atoms with van der Waals surface area (Å²) in [6, 6.07) is 8.08. The van der Waals surface area contributed by atoms with Gasteiger partial charge in [0.25, 0.3) is 5.22 Å². The van der Waals surface area contributed by atoms with E-state index < -0.39 is 0 Å².